The standard InChI is InChI=1S/C26H30N4O4/c1-26(2,3)34-24(31)23-12-13-30(27-23)25(32)29-16-14-28(15-17-29)19-20-8-7-11-22(18-20)33-21-9-5-4-6-10-21/h4-13,18H,14-17,19H2,1-3H3. The van der Waals surface area contributed by atoms with E-state index >= 15 is 0 Å². The maximum absolute atomic E-state index is 12.8. The summed E-state index contributed by atoms with van der Waals surface area (Å²) in [4.78, 5) is 29.1. The van der Waals surface area contributed by atoms with E-state index in [-0.39, 0.29) is 11.7 Å². The Morgan fingerprint density at radius 1 is 0.912 bits per heavy atom. The summed E-state index contributed by atoms with van der Waals surface area (Å²) in [5, 5.41) is 4.12. The third-order valence-corrected chi connectivity index (χ3v) is 5.32. The van der Waals surface area contributed by atoms with E-state index in [9.17, 15) is 9.59 Å². The summed E-state index contributed by atoms with van der Waals surface area (Å²) < 4.78 is 12.5. The minimum absolute atomic E-state index is 0.125. The fourth-order valence-corrected chi connectivity index (χ4v) is 3.70. The summed E-state index contributed by atoms with van der Waals surface area (Å²) in [5.74, 6) is 1.07. The molecular formula is C26H30N4O4. The Morgan fingerprint density at radius 3 is 2.32 bits per heavy atom. The van der Waals surface area contributed by atoms with Crippen molar-refractivity contribution < 1.29 is 19.1 Å². The molecule has 1 aliphatic heterocycles. The van der Waals surface area contributed by atoms with E-state index in [1.807, 2.05) is 48.5 Å². The van der Waals surface area contributed by atoms with Gasteiger partial charge in [-0.3, -0.25) is 4.90 Å². The quantitative estimate of drug-likeness (QED) is 0.523. The Morgan fingerprint density at radius 2 is 1.62 bits per heavy atom. The zero-order valence-electron chi connectivity index (χ0n) is 19.8. The SMILES string of the molecule is CC(C)(C)OC(=O)c1ccn(C(=O)N2CCN(Cc3cccc(Oc4ccccc4)c3)CC2)n1. The van der Waals surface area contributed by atoms with Crippen molar-refractivity contribution >= 4 is 12.0 Å². The molecular weight excluding hydrogens is 432 g/mol. The fourth-order valence-electron chi connectivity index (χ4n) is 3.70. The minimum atomic E-state index is -0.617. The Hall–Kier alpha value is -3.65. The van der Waals surface area contributed by atoms with Crippen molar-refractivity contribution in [2.45, 2.75) is 32.9 Å². The Balaban J connectivity index is 1.29. The lowest BCUT2D eigenvalue weighted by molar-refractivity contribution is 0.00623. The second-order valence-corrected chi connectivity index (χ2v) is 9.26. The highest BCUT2D eigenvalue weighted by Crippen LogP contribution is 2.22. The first-order chi connectivity index (χ1) is 16.3. The van der Waals surface area contributed by atoms with Crippen LogP contribution in [0.3, 0.4) is 0 Å². The number of hydrogen-bond donors (Lipinski definition) is 0. The van der Waals surface area contributed by atoms with Crippen molar-refractivity contribution in [3.8, 4) is 11.5 Å². The molecule has 0 saturated carbocycles. The molecule has 0 spiro atoms. The third kappa shape index (κ3) is 6.23. The number of amides is 1. The number of carbonyl (C=O) groups is 2. The number of ether oxygens (including phenoxy) is 2. The molecule has 0 radical (unpaired) electrons. The van der Waals surface area contributed by atoms with Gasteiger partial charge in [-0.2, -0.15) is 9.78 Å². The number of aromatic nitrogens is 2. The molecule has 178 valence electrons. The lowest BCUT2D eigenvalue weighted by Gasteiger charge is -2.34. The predicted molar refractivity (Wildman–Crippen MR) is 128 cm³/mol. The van der Waals surface area contributed by atoms with Crippen molar-refractivity contribution in [1.82, 2.24) is 19.6 Å². The molecule has 1 amide bonds. The molecule has 2 aromatic carbocycles. The van der Waals surface area contributed by atoms with E-state index in [1.54, 1.807) is 25.7 Å². The summed E-state index contributed by atoms with van der Waals surface area (Å²) in [5.41, 5.74) is 0.663. The van der Waals surface area contributed by atoms with Crippen LogP contribution in [0.2, 0.25) is 0 Å². The average molecular weight is 463 g/mol. The zero-order valence-corrected chi connectivity index (χ0v) is 19.8. The van der Waals surface area contributed by atoms with Crippen LogP contribution in [-0.4, -0.2) is 63.4 Å². The second-order valence-electron chi connectivity index (χ2n) is 9.26. The van der Waals surface area contributed by atoms with Gasteiger partial charge in [0, 0.05) is 38.9 Å². The molecule has 0 bridgehead atoms. The van der Waals surface area contributed by atoms with Gasteiger partial charge in [0.05, 0.1) is 0 Å². The van der Waals surface area contributed by atoms with Gasteiger partial charge in [-0.1, -0.05) is 30.3 Å². The molecule has 8 nitrogen and oxygen atoms in total. The highest BCUT2D eigenvalue weighted by molar-refractivity contribution is 5.88. The Kier molecular flexibility index (Phi) is 6.98. The van der Waals surface area contributed by atoms with Crippen LogP contribution in [0, 0.1) is 0 Å². The van der Waals surface area contributed by atoms with Gasteiger partial charge in [-0.05, 0) is 56.7 Å². The van der Waals surface area contributed by atoms with Crippen molar-refractivity contribution in [3.63, 3.8) is 0 Å². The molecule has 0 atom stereocenters. The summed E-state index contributed by atoms with van der Waals surface area (Å²) >= 11 is 0. The molecule has 0 unspecified atom stereocenters. The Bertz CT molecular complexity index is 1130. The zero-order chi connectivity index (χ0) is 24.1. The van der Waals surface area contributed by atoms with Gasteiger partial charge in [0.1, 0.15) is 17.1 Å². The smallest absolute Gasteiger partial charge is 0.359 e. The minimum Gasteiger partial charge on any atom is -0.457 e. The third-order valence-electron chi connectivity index (χ3n) is 5.32. The molecule has 2 heterocycles. The van der Waals surface area contributed by atoms with E-state index in [0.717, 1.165) is 36.7 Å². The molecule has 0 aliphatic carbocycles. The van der Waals surface area contributed by atoms with E-state index < -0.39 is 11.6 Å². The maximum atomic E-state index is 12.8. The molecule has 0 N–H and O–H groups in total. The summed E-state index contributed by atoms with van der Waals surface area (Å²) in [6.45, 7) is 8.81. The van der Waals surface area contributed by atoms with Gasteiger partial charge in [-0.15, -0.1) is 0 Å². The van der Waals surface area contributed by atoms with Gasteiger partial charge < -0.3 is 14.4 Å². The van der Waals surface area contributed by atoms with Crippen molar-refractivity contribution in [2.24, 2.45) is 0 Å². The fraction of sp³-hybridized carbons (Fsp3) is 0.346. The highest BCUT2D eigenvalue weighted by atomic mass is 16.6. The molecule has 1 aliphatic rings. The first kappa shape index (κ1) is 23.5. The van der Waals surface area contributed by atoms with Crippen LogP contribution < -0.4 is 4.74 Å². The number of nitrogens with zero attached hydrogens (tertiary/aromatic N) is 4. The number of carbonyl (C=O) groups excluding carboxylic acids is 2. The highest BCUT2D eigenvalue weighted by Gasteiger charge is 2.25. The van der Waals surface area contributed by atoms with Gasteiger partial charge in [0.25, 0.3) is 0 Å². The number of esters is 1. The molecule has 1 saturated heterocycles. The normalized spacial score (nSPS) is 14.6. The molecule has 3 aromatic rings. The van der Waals surface area contributed by atoms with Crippen molar-refractivity contribution in [1.29, 1.82) is 0 Å². The number of rotatable bonds is 5. The summed E-state index contributed by atoms with van der Waals surface area (Å²) in [7, 11) is 0. The van der Waals surface area contributed by atoms with E-state index in [0.29, 0.717) is 13.1 Å². The topological polar surface area (TPSA) is 76.9 Å². The van der Waals surface area contributed by atoms with Gasteiger partial charge in [-0.25, -0.2) is 9.59 Å². The van der Waals surface area contributed by atoms with E-state index in [1.165, 1.54) is 16.9 Å². The average Bonchev–Trinajstić information content (AvgIpc) is 3.30. The first-order valence-corrected chi connectivity index (χ1v) is 11.4. The second kappa shape index (κ2) is 10.1. The van der Waals surface area contributed by atoms with E-state index in [2.05, 4.69) is 16.1 Å². The number of hydrogen-bond acceptors (Lipinski definition) is 6. The lowest BCUT2D eigenvalue weighted by atomic mass is 10.2. The molecule has 1 fully saturated rings. The van der Waals surface area contributed by atoms with Gasteiger partial charge >= 0.3 is 12.0 Å². The summed E-state index contributed by atoms with van der Waals surface area (Å²) in [6.07, 6.45) is 1.51. The van der Waals surface area contributed by atoms with Crippen LogP contribution in [0.5, 0.6) is 11.5 Å². The van der Waals surface area contributed by atoms with Crippen LogP contribution in [-0.2, 0) is 11.3 Å². The number of benzene rings is 2. The predicted octanol–water partition coefficient (Wildman–Crippen LogP) is 4.42. The van der Waals surface area contributed by atoms with Gasteiger partial charge in [0.15, 0.2) is 5.69 Å². The summed E-state index contributed by atoms with van der Waals surface area (Å²) in [6, 6.07) is 19.0. The largest absolute Gasteiger partial charge is 0.457 e. The van der Waals surface area contributed by atoms with Crippen LogP contribution in [0.4, 0.5) is 4.79 Å². The van der Waals surface area contributed by atoms with E-state index in [4.69, 9.17) is 9.47 Å². The van der Waals surface area contributed by atoms with Gasteiger partial charge in [0.2, 0.25) is 0 Å². The molecule has 8 heteroatoms. The van der Waals surface area contributed by atoms with Crippen molar-refractivity contribution in [2.75, 3.05) is 26.2 Å². The monoisotopic (exact) mass is 462 g/mol. The Labute approximate surface area is 199 Å². The van der Waals surface area contributed by atoms with Crippen LogP contribution in [0.15, 0.2) is 66.9 Å². The maximum Gasteiger partial charge on any atom is 0.359 e. The molecule has 34 heavy (non-hydrogen) atoms. The number of piperazine rings is 1. The molecule has 4 rings (SSSR count). The number of para-hydroxylation sites is 1. The van der Waals surface area contributed by atoms with Crippen LogP contribution >= 0.6 is 0 Å². The van der Waals surface area contributed by atoms with Crippen LogP contribution in [0.1, 0.15) is 36.8 Å². The first-order valence-electron chi connectivity index (χ1n) is 11.4. The molecule has 1 aromatic heterocycles. The van der Waals surface area contributed by atoms with Crippen molar-refractivity contribution in [3.05, 3.63) is 78.1 Å². The van der Waals surface area contributed by atoms with Crippen LogP contribution in [0.25, 0.3) is 0 Å². The lowest BCUT2D eigenvalue weighted by Crippen LogP contribution is -2.49.